The van der Waals surface area contributed by atoms with Crippen molar-refractivity contribution in [3.05, 3.63) is 29.8 Å². The van der Waals surface area contributed by atoms with E-state index in [1.807, 2.05) is 12.1 Å². The minimum absolute atomic E-state index is 0.229. The highest BCUT2D eigenvalue weighted by atomic mass is 16.5. The molecule has 0 radical (unpaired) electrons. The van der Waals surface area contributed by atoms with Gasteiger partial charge in [-0.15, -0.1) is 0 Å². The first-order chi connectivity index (χ1) is 8.29. The molecule has 0 aliphatic carbocycles. The topological polar surface area (TPSA) is 30.5 Å². The number of hydrogen-bond acceptors (Lipinski definition) is 3. The van der Waals surface area contributed by atoms with Gasteiger partial charge in [0.25, 0.3) is 0 Å². The minimum Gasteiger partial charge on any atom is -0.488 e. The van der Waals surface area contributed by atoms with Crippen LogP contribution in [0.4, 0.5) is 0 Å². The van der Waals surface area contributed by atoms with Gasteiger partial charge in [-0.25, -0.2) is 0 Å². The molecule has 1 aliphatic rings. The average molecular weight is 235 g/mol. The Labute approximate surface area is 103 Å². The molecule has 0 amide bonds. The SMILES string of the molecule is CCNC(C)c1ccc(OC2CCOC2)cc1. The first-order valence-corrected chi connectivity index (χ1v) is 6.37. The fourth-order valence-corrected chi connectivity index (χ4v) is 2.06. The second-order valence-electron chi connectivity index (χ2n) is 4.45. The van der Waals surface area contributed by atoms with Gasteiger partial charge < -0.3 is 14.8 Å². The van der Waals surface area contributed by atoms with Crippen molar-refractivity contribution >= 4 is 0 Å². The van der Waals surface area contributed by atoms with Crippen LogP contribution in [0, 0.1) is 0 Å². The van der Waals surface area contributed by atoms with Crippen LogP contribution in [0.25, 0.3) is 0 Å². The van der Waals surface area contributed by atoms with Gasteiger partial charge in [-0.2, -0.15) is 0 Å². The Morgan fingerprint density at radius 1 is 1.41 bits per heavy atom. The summed E-state index contributed by atoms with van der Waals surface area (Å²) in [5.74, 6) is 0.938. The van der Waals surface area contributed by atoms with Crippen molar-refractivity contribution in [3.8, 4) is 5.75 Å². The lowest BCUT2D eigenvalue weighted by Gasteiger charge is -2.15. The van der Waals surface area contributed by atoms with E-state index in [1.165, 1.54) is 5.56 Å². The summed E-state index contributed by atoms with van der Waals surface area (Å²) in [6.45, 7) is 6.81. The second-order valence-corrected chi connectivity index (χ2v) is 4.45. The second kappa shape index (κ2) is 6.03. The van der Waals surface area contributed by atoms with E-state index in [-0.39, 0.29) is 6.10 Å². The van der Waals surface area contributed by atoms with Crippen molar-refractivity contribution in [2.75, 3.05) is 19.8 Å². The molecule has 0 aromatic heterocycles. The van der Waals surface area contributed by atoms with Crippen LogP contribution in [0.1, 0.15) is 31.9 Å². The maximum atomic E-state index is 5.82. The predicted molar refractivity (Wildman–Crippen MR) is 68.4 cm³/mol. The van der Waals surface area contributed by atoms with Crippen LogP contribution in [-0.4, -0.2) is 25.9 Å². The van der Waals surface area contributed by atoms with Gasteiger partial charge in [-0.3, -0.25) is 0 Å². The quantitative estimate of drug-likeness (QED) is 0.850. The first-order valence-electron chi connectivity index (χ1n) is 6.37. The summed E-state index contributed by atoms with van der Waals surface area (Å²) in [6.07, 6.45) is 1.22. The fraction of sp³-hybridized carbons (Fsp3) is 0.571. The molecule has 1 aromatic carbocycles. The zero-order chi connectivity index (χ0) is 12.1. The van der Waals surface area contributed by atoms with E-state index >= 15 is 0 Å². The van der Waals surface area contributed by atoms with Gasteiger partial charge in [0.05, 0.1) is 13.2 Å². The van der Waals surface area contributed by atoms with E-state index in [2.05, 4.69) is 31.3 Å². The summed E-state index contributed by atoms with van der Waals surface area (Å²) in [4.78, 5) is 0. The number of benzene rings is 1. The number of ether oxygens (including phenoxy) is 2. The largest absolute Gasteiger partial charge is 0.488 e. The van der Waals surface area contributed by atoms with Gasteiger partial charge in [-0.1, -0.05) is 19.1 Å². The Kier molecular flexibility index (Phi) is 4.40. The highest BCUT2D eigenvalue weighted by Gasteiger charge is 2.17. The predicted octanol–water partition coefficient (Wildman–Crippen LogP) is 2.52. The summed E-state index contributed by atoms with van der Waals surface area (Å²) >= 11 is 0. The molecule has 94 valence electrons. The molecule has 0 saturated carbocycles. The molecule has 1 aromatic rings. The van der Waals surface area contributed by atoms with Crippen molar-refractivity contribution in [2.45, 2.75) is 32.4 Å². The monoisotopic (exact) mass is 235 g/mol. The lowest BCUT2D eigenvalue weighted by atomic mass is 10.1. The molecule has 1 saturated heterocycles. The summed E-state index contributed by atoms with van der Waals surface area (Å²) in [6, 6.07) is 8.73. The van der Waals surface area contributed by atoms with Gasteiger partial charge in [0, 0.05) is 12.5 Å². The summed E-state index contributed by atoms with van der Waals surface area (Å²) < 4.78 is 11.1. The highest BCUT2D eigenvalue weighted by molar-refractivity contribution is 5.29. The standard InChI is InChI=1S/C14H21NO2/c1-3-15-11(2)12-4-6-13(7-5-12)17-14-8-9-16-10-14/h4-7,11,14-15H,3,8-10H2,1-2H3. The molecule has 2 atom stereocenters. The van der Waals surface area contributed by atoms with Gasteiger partial charge in [0.1, 0.15) is 11.9 Å². The Morgan fingerprint density at radius 3 is 2.76 bits per heavy atom. The molecule has 1 heterocycles. The average Bonchev–Trinajstić information content (AvgIpc) is 2.83. The third-order valence-corrected chi connectivity index (χ3v) is 3.08. The maximum absolute atomic E-state index is 5.82. The zero-order valence-electron chi connectivity index (χ0n) is 10.6. The molecule has 1 N–H and O–H groups in total. The molecule has 0 bridgehead atoms. The smallest absolute Gasteiger partial charge is 0.124 e. The van der Waals surface area contributed by atoms with E-state index < -0.39 is 0 Å². The van der Waals surface area contributed by atoms with Gasteiger partial charge >= 0.3 is 0 Å². The molecule has 2 unspecified atom stereocenters. The van der Waals surface area contributed by atoms with Gasteiger partial charge in [-0.05, 0) is 31.2 Å². The van der Waals surface area contributed by atoms with Crippen LogP contribution in [-0.2, 0) is 4.74 Å². The Balaban J connectivity index is 1.92. The van der Waals surface area contributed by atoms with E-state index in [0.29, 0.717) is 6.04 Å². The molecule has 1 fully saturated rings. The molecule has 3 heteroatoms. The maximum Gasteiger partial charge on any atom is 0.124 e. The van der Waals surface area contributed by atoms with E-state index in [0.717, 1.165) is 31.9 Å². The molecule has 2 rings (SSSR count). The zero-order valence-corrected chi connectivity index (χ0v) is 10.6. The van der Waals surface area contributed by atoms with Crippen LogP contribution < -0.4 is 10.1 Å². The first kappa shape index (κ1) is 12.4. The van der Waals surface area contributed by atoms with Gasteiger partial charge in [0.15, 0.2) is 0 Å². The van der Waals surface area contributed by atoms with Crippen molar-refractivity contribution in [1.29, 1.82) is 0 Å². The molecule has 1 aliphatic heterocycles. The van der Waals surface area contributed by atoms with Crippen molar-refractivity contribution in [1.82, 2.24) is 5.32 Å². The number of hydrogen-bond donors (Lipinski definition) is 1. The minimum atomic E-state index is 0.229. The van der Waals surface area contributed by atoms with E-state index in [9.17, 15) is 0 Å². The Hall–Kier alpha value is -1.06. The summed E-state index contributed by atoms with van der Waals surface area (Å²) in [5.41, 5.74) is 1.29. The van der Waals surface area contributed by atoms with Crippen molar-refractivity contribution in [2.24, 2.45) is 0 Å². The van der Waals surface area contributed by atoms with Crippen LogP contribution in [0.2, 0.25) is 0 Å². The lowest BCUT2D eigenvalue weighted by Crippen LogP contribution is -2.18. The third kappa shape index (κ3) is 3.45. The van der Waals surface area contributed by atoms with Crippen LogP contribution in [0.5, 0.6) is 5.75 Å². The van der Waals surface area contributed by atoms with Gasteiger partial charge in [0.2, 0.25) is 0 Å². The molecular weight excluding hydrogens is 214 g/mol. The Bertz CT molecular complexity index is 331. The molecule has 3 nitrogen and oxygen atoms in total. The lowest BCUT2D eigenvalue weighted by molar-refractivity contribution is 0.141. The van der Waals surface area contributed by atoms with E-state index in [4.69, 9.17) is 9.47 Å². The normalized spacial score (nSPS) is 21.4. The third-order valence-electron chi connectivity index (χ3n) is 3.08. The van der Waals surface area contributed by atoms with Crippen molar-refractivity contribution < 1.29 is 9.47 Å². The number of rotatable bonds is 5. The van der Waals surface area contributed by atoms with Crippen molar-refractivity contribution in [3.63, 3.8) is 0 Å². The molecular formula is C14H21NO2. The number of nitrogens with one attached hydrogen (secondary N) is 1. The van der Waals surface area contributed by atoms with Crippen LogP contribution in [0.3, 0.4) is 0 Å². The summed E-state index contributed by atoms with van der Waals surface area (Å²) in [5, 5.41) is 3.39. The highest BCUT2D eigenvalue weighted by Crippen LogP contribution is 2.20. The molecule has 0 spiro atoms. The molecule has 17 heavy (non-hydrogen) atoms. The van der Waals surface area contributed by atoms with Crippen LogP contribution in [0.15, 0.2) is 24.3 Å². The summed E-state index contributed by atoms with van der Waals surface area (Å²) in [7, 11) is 0. The van der Waals surface area contributed by atoms with E-state index in [1.54, 1.807) is 0 Å². The van der Waals surface area contributed by atoms with Crippen LogP contribution >= 0.6 is 0 Å². The Morgan fingerprint density at radius 2 is 2.18 bits per heavy atom. The fourth-order valence-electron chi connectivity index (χ4n) is 2.06.